The van der Waals surface area contributed by atoms with Gasteiger partial charge in [-0.1, -0.05) is 20.8 Å². The normalized spacial score (nSPS) is 19.1. The van der Waals surface area contributed by atoms with Gasteiger partial charge in [-0.2, -0.15) is 0 Å². The maximum absolute atomic E-state index is 12.5. The third-order valence-corrected chi connectivity index (χ3v) is 5.21. The highest BCUT2D eigenvalue weighted by Crippen LogP contribution is 2.32. The molecular weight excluding hydrogens is 286 g/mol. The summed E-state index contributed by atoms with van der Waals surface area (Å²) >= 11 is 1.66. The Kier molecular flexibility index (Phi) is 5.04. The van der Waals surface area contributed by atoms with E-state index < -0.39 is 5.97 Å². The summed E-state index contributed by atoms with van der Waals surface area (Å²) in [7, 11) is 0. The van der Waals surface area contributed by atoms with Gasteiger partial charge >= 0.3 is 5.97 Å². The van der Waals surface area contributed by atoms with Crippen LogP contribution in [0, 0.1) is 11.8 Å². The molecule has 0 saturated heterocycles. The molecule has 1 aliphatic rings. The van der Waals surface area contributed by atoms with Gasteiger partial charge in [0, 0.05) is 16.3 Å². The highest BCUT2D eigenvalue weighted by molar-refractivity contribution is 7.10. The van der Waals surface area contributed by atoms with Gasteiger partial charge in [0.05, 0.1) is 12.0 Å². The minimum atomic E-state index is -0.879. The second-order valence-electron chi connectivity index (χ2n) is 6.32. The highest BCUT2D eigenvalue weighted by Gasteiger charge is 2.26. The van der Waals surface area contributed by atoms with E-state index in [1.165, 1.54) is 10.4 Å². The van der Waals surface area contributed by atoms with Crippen molar-refractivity contribution in [2.24, 2.45) is 11.8 Å². The predicted molar refractivity (Wildman–Crippen MR) is 83.9 cm³/mol. The average molecular weight is 309 g/mol. The van der Waals surface area contributed by atoms with Crippen molar-refractivity contribution in [3.8, 4) is 0 Å². The maximum atomic E-state index is 12.5. The molecule has 0 bridgehead atoms. The monoisotopic (exact) mass is 309 g/mol. The molecule has 116 valence electrons. The number of rotatable bonds is 5. The molecule has 5 heteroatoms. The first-order chi connectivity index (χ1) is 9.88. The Morgan fingerprint density at radius 2 is 2.19 bits per heavy atom. The standard InChI is InChI=1S/C16H23NO3S/c1-9(2)13(7-15(18)19)17-16(20)12-8-21-14-6-10(3)4-5-11(12)14/h8-10,13H,4-7H2,1-3H3,(H,17,20)(H,18,19). The fraction of sp³-hybridized carbons (Fsp3) is 0.625. The van der Waals surface area contributed by atoms with Crippen molar-refractivity contribution in [1.29, 1.82) is 0 Å². The average Bonchev–Trinajstić information content (AvgIpc) is 2.80. The molecule has 0 aliphatic heterocycles. The largest absolute Gasteiger partial charge is 0.481 e. The SMILES string of the molecule is CC1CCc2c(C(=O)NC(CC(=O)O)C(C)C)csc2C1. The van der Waals surface area contributed by atoms with Crippen LogP contribution in [-0.4, -0.2) is 23.0 Å². The number of hydrogen-bond acceptors (Lipinski definition) is 3. The topological polar surface area (TPSA) is 66.4 Å². The van der Waals surface area contributed by atoms with Crippen molar-refractivity contribution in [2.75, 3.05) is 0 Å². The van der Waals surface area contributed by atoms with E-state index >= 15 is 0 Å². The van der Waals surface area contributed by atoms with Crippen molar-refractivity contribution < 1.29 is 14.7 Å². The molecule has 1 aromatic rings. The lowest BCUT2D eigenvalue weighted by Crippen LogP contribution is -2.40. The Morgan fingerprint density at radius 1 is 1.48 bits per heavy atom. The van der Waals surface area contributed by atoms with Crippen LogP contribution < -0.4 is 5.32 Å². The third-order valence-electron chi connectivity index (χ3n) is 4.16. The summed E-state index contributed by atoms with van der Waals surface area (Å²) < 4.78 is 0. The van der Waals surface area contributed by atoms with Crippen LogP contribution in [0.5, 0.6) is 0 Å². The number of nitrogens with one attached hydrogen (secondary N) is 1. The second-order valence-corrected chi connectivity index (χ2v) is 7.29. The lowest BCUT2D eigenvalue weighted by Gasteiger charge is -2.22. The van der Waals surface area contributed by atoms with Crippen LogP contribution in [0.15, 0.2) is 5.38 Å². The van der Waals surface area contributed by atoms with Crippen LogP contribution in [-0.2, 0) is 17.6 Å². The second kappa shape index (κ2) is 6.60. The number of carboxylic acids is 1. The van der Waals surface area contributed by atoms with Crippen molar-refractivity contribution in [3.05, 3.63) is 21.4 Å². The highest BCUT2D eigenvalue weighted by atomic mass is 32.1. The molecule has 1 aromatic heterocycles. The number of thiophene rings is 1. The van der Waals surface area contributed by atoms with Crippen molar-refractivity contribution in [3.63, 3.8) is 0 Å². The van der Waals surface area contributed by atoms with Gasteiger partial charge < -0.3 is 10.4 Å². The van der Waals surface area contributed by atoms with Crippen molar-refractivity contribution in [2.45, 2.75) is 52.5 Å². The van der Waals surface area contributed by atoms with E-state index in [1.807, 2.05) is 19.2 Å². The molecule has 2 atom stereocenters. The number of carbonyl (C=O) groups is 2. The first-order valence-electron chi connectivity index (χ1n) is 7.50. The lowest BCUT2D eigenvalue weighted by atomic mass is 9.88. The summed E-state index contributed by atoms with van der Waals surface area (Å²) in [5.74, 6) is -0.223. The summed E-state index contributed by atoms with van der Waals surface area (Å²) in [4.78, 5) is 24.7. The van der Waals surface area contributed by atoms with E-state index in [2.05, 4.69) is 12.2 Å². The summed E-state index contributed by atoms with van der Waals surface area (Å²) in [5, 5.41) is 13.8. The zero-order valence-electron chi connectivity index (χ0n) is 12.8. The van der Waals surface area contributed by atoms with Crippen LogP contribution in [0.1, 0.15) is 54.4 Å². The van der Waals surface area contributed by atoms with Crippen LogP contribution in [0.4, 0.5) is 0 Å². The maximum Gasteiger partial charge on any atom is 0.305 e. The first kappa shape index (κ1) is 16.0. The molecule has 0 aromatic carbocycles. The van der Waals surface area contributed by atoms with Crippen molar-refractivity contribution in [1.82, 2.24) is 5.32 Å². The summed E-state index contributed by atoms with van der Waals surface area (Å²) in [5.41, 5.74) is 1.92. The molecule has 1 aliphatic carbocycles. The number of amides is 1. The van der Waals surface area contributed by atoms with Crippen molar-refractivity contribution >= 4 is 23.2 Å². The number of carbonyl (C=O) groups excluding carboxylic acids is 1. The van der Waals surface area contributed by atoms with Gasteiger partial charge in [-0.05, 0) is 36.7 Å². The van der Waals surface area contributed by atoms with Gasteiger partial charge in [0.15, 0.2) is 0 Å². The zero-order chi connectivity index (χ0) is 15.6. The molecule has 0 spiro atoms. The molecule has 2 rings (SSSR count). The smallest absolute Gasteiger partial charge is 0.305 e. The number of fused-ring (bicyclic) bond motifs is 1. The van der Waals surface area contributed by atoms with Gasteiger partial charge in [-0.3, -0.25) is 9.59 Å². The summed E-state index contributed by atoms with van der Waals surface area (Å²) in [6.07, 6.45) is 3.09. The Labute approximate surface area is 129 Å². The van der Waals surface area contributed by atoms with Gasteiger partial charge in [0.25, 0.3) is 5.91 Å². The Bertz CT molecular complexity index is 536. The molecule has 1 amide bonds. The molecular formula is C16H23NO3S. The fourth-order valence-corrected chi connectivity index (χ4v) is 4.00. The van der Waals surface area contributed by atoms with Gasteiger partial charge in [-0.25, -0.2) is 0 Å². The molecule has 0 radical (unpaired) electrons. The first-order valence-corrected chi connectivity index (χ1v) is 8.38. The van der Waals surface area contributed by atoms with E-state index in [0.29, 0.717) is 5.92 Å². The molecule has 2 unspecified atom stereocenters. The Morgan fingerprint density at radius 3 is 2.81 bits per heavy atom. The zero-order valence-corrected chi connectivity index (χ0v) is 13.6. The Hall–Kier alpha value is -1.36. The summed E-state index contributed by atoms with van der Waals surface area (Å²) in [6, 6.07) is -0.326. The van der Waals surface area contributed by atoms with E-state index in [9.17, 15) is 9.59 Å². The molecule has 21 heavy (non-hydrogen) atoms. The molecule has 0 fully saturated rings. The Balaban J connectivity index is 2.11. The van der Waals surface area contributed by atoms with Gasteiger partial charge in [0.2, 0.25) is 0 Å². The third kappa shape index (κ3) is 3.84. The molecule has 4 nitrogen and oxygen atoms in total. The number of hydrogen-bond donors (Lipinski definition) is 2. The minimum absolute atomic E-state index is 0.0350. The van der Waals surface area contributed by atoms with Crippen LogP contribution in [0.25, 0.3) is 0 Å². The molecule has 1 heterocycles. The fourth-order valence-electron chi connectivity index (χ4n) is 2.76. The van der Waals surface area contributed by atoms with E-state index in [1.54, 1.807) is 11.3 Å². The van der Waals surface area contributed by atoms with Crippen LogP contribution in [0.2, 0.25) is 0 Å². The lowest BCUT2D eigenvalue weighted by molar-refractivity contribution is -0.137. The quantitative estimate of drug-likeness (QED) is 0.878. The van der Waals surface area contributed by atoms with Crippen LogP contribution >= 0.6 is 11.3 Å². The predicted octanol–water partition coefficient (Wildman–Crippen LogP) is 3.10. The van der Waals surface area contributed by atoms with E-state index in [-0.39, 0.29) is 24.3 Å². The number of aliphatic carboxylic acids is 1. The molecule has 0 saturated carbocycles. The van der Waals surface area contributed by atoms with Gasteiger partial charge in [0.1, 0.15) is 0 Å². The minimum Gasteiger partial charge on any atom is -0.481 e. The van der Waals surface area contributed by atoms with Gasteiger partial charge in [-0.15, -0.1) is 11.3 Å². The van der Waals surface area contributed by atoms with E-state index in [0.717, 1.165) is 24.8 Å². The van der Waals surface area contributed by atoms with E-state index in [4.69, 9.17) is 5.11 Å². The summed E-state index contributed by atoms with van der Waals surface area (Å²) in [6.45, 7) is 6.10. The molecule has 2 N–H and O–H groups in total. The number of carboxylic acid groups (broad SMARTS) is 1. The van der Waals surface area contributed by atoms with Crippen LogP contribution in [0.3, 0.4) is 0 Å².